The van der Waals surface area contributed by atoms with E-state index in [0.717, 1.165) is 85.5 Å². The molecule has 4 aliphatic carbocycles. The lowest BCUT2D eigenvalue weighted by Crippen LogP contribution is -2.26. The van der Waals surface area contributed by atoms with E-state index in [-0.39, 0.29) is 5.92 Å². The second-order valence-electron chi connectivity index (χ2n) is 15.6. The van der Waals surface area contributed by atoms with E-state index in [1.165, 1.54) is 39.1 Å². The molecule has 12 rings (SSSR count). The molecule has 0 saturated heterocycles. The Kier molecular flexibility index (Phi) is 7.30. The topological polar surface area (TPSA) is 32.8 Å². The molecule has 2 aromatic heterocycles. The van der Waals surface area contributed by atoms with Crippen molar-refractivity contribution in [3.63, 3.8) is 0 Å². The maximum absolute atomic E-state index is 6.76. The molecule has 0 saturated carbocycles. The minimum atomic E-state index is 0.0641. The number of furan rings is 2. The predicted molar refractivity (Wildman–Crippen MR) is 240 cm³/mol. The number of fused-ring (bicyclic) bond motifs is 6. The van der Waals surface area contributed by atoms with Gasteiger partial charge in [0, 0.05) is 39.0 Å². The fraction of sp³-hybridized carbons (Fsp3) is 0.0741. The molecule has 1 unspecified atom stereocenters. The van der Waals surface area contributed by atoms with Gasteiger partial charge >= 0.3 is 0 Å². The highest BCUT2D eigenvalue weighted by Gasteiger charge is 2.37. The van der Waals surface area contributed by atoms with Gasteiger partial charge in [-0.05, 0) is 114 Å². The molecule has 8 aromatic rings. The second kappa shape index (κ2) is 12.9. The van der Waals surface area contributed by atoms with Crippen LogP contribution in [0, 0.1) is 6.92 Å². The second-order valence-corrected chi connectivity index (χ2v) is 15.6. The van der Waals surface area contributed by atoms with Crippen LogP contribution in [0.25, 0.3) is 51.1 Å². The minimum absolute atomic E-state index is 0.0641. The van der Waals surface area contributed by atoms with Gasteiger partial charge in [-0.2, -0.15) is 0 Å². The van der Waals surface area contributed by atoms with Crippen molar-refractivity contribution in [2.24, 2.45) is 0 Å². The average Bonchev–Trinajstić information content (AvgIpc) is 3.74. The van der Waals surface area contributed by atoms with Gasteiger partial charge in [-0.3, -0.25) is 0 Å². The third-order valence-corrected chi connectivity index (χ3v) is 12.2. The van der Waals surface area contributed by atoms with Crippen molar-refractivity contribution in [3.05, 3.63) is 214 Å². The van der Waals surface area contributed by atoms with E-state index in [9.17, 15) is 0 Å². The number of allylic oxidation sites excluding steroid dienone is 8. The number of anilines is 5. The molecule has 0 aliphatic heterocycles. The van der Waals surface area contributed by atoms with Crippen molar-refractivity contribution < 1.29 is 8.83 Å². The van der Waals surface area contributed by atoms with E-state index in [4.69, 9.17) is 8.83 Å². The Morgan fingerprint density at radius 2 is 1.33 bits per heavy atom. The normalized spacial score (nSPS) is 16.2. The molecular formula is C54H38N2O2. The summed E-state index contributed by atoms with van der Waals surface area (Å²) in [6, 6.07) is 45.6. The van der Waals surface area contributed by atoms with Gasteiger partial charge in [-0.25, -0.2) is 0 Å². The highest BCUT2D eigenvalue weighted by molar-refractivity contribution is 6.10. The molecule has 58 heavy (non-hydrogen) atoms. The van der Waals surface area contributed by atoms with Crippen LogP contribution in [0.1, 0.15) is 45.9 Å². The zero-order valence-electron chi connectivity index (χ0n) is 32.0. The van der Waals surface area contributed by atoms with Crippen molar-refractivity contribution in [1.82, 2.24) is 0 Å². The van der Waals surface area contributed by atoms with E-state index in [2.05, 4.69) is 193 Å². The van der Waals surface area contributed by atoms with Gasteiger partial charge in [-0.1, -0.05) is 121 Å². The van der Waals surface area contributed by atoms with Crippen LogP contribution < -0.4 is 9.80 Å². The number of para-hydroxylation sites is 4. The summed E-state index contributed by atoms with van der Waals surface area (Å²) in [5.74, 6) is 0.968. The van der Waals surface area contributed by atoms with Gasteiger partial charge in [0.1, 0.15) is 11.3 Å². The largest absolute Gasteiger partial charge is 0.454 e. The summed E-state index contributed by atoms with van der Waals surface area (Å²) in [5, 5.41) is 3.36. The molecule has 0 fully saturated rings. The quantitative estimate of drug-likeness (QED) is 0.170. The van der Waals surface area contributed by atoms with E-state index in [0.29, 0.717) is 0 Å². The molecule has 4 nitrogen and oxygen atoms in total. The third-order valence-electron chi connectivity index (χ3n) is 12.2. The van der Waals surface area contributed by atoms with Gasteiger partial charge < -0.3 is 18.6 Å². The molecular weight excluding hydrogens is 709 g/mol. The molecule has 276 valence electrons. The van der Waals surface area contributed by atoms with Crippen LogP contribution in [0.4, 0.5) is 28.4 Å². The monoisotopic (exact) mass is 746 g/mol. The molecule has 0 spiro atoms. The summed E-state index contributed by atoms with van der Waals surface area (Å²) in [6.45, 7) is 2.16. The van der Waals surface area contributed by atoms with Crippen molar-refractivity contribution in [1.29, 1.82) is 0 Å². The molecule has 6 aromatic carbocycles. The van der Waals surface area contributed by atoms with Crippen LogP contribution in [-0.4, -0.2) is 0 Å². The first-order valence-corrected chi connectivity index (χ1v) is 20.2. The molecule has 4 aliphatic rings. The maximum atomic E-state index is 6.76. The zero-order valence-corrected chi connectivity index (χ0v) is 32.0. The summed E-state index contributed by atoms with van der Waals surface area (Å²) in [7, 11) is 0. The molecule has 0 N–H and O–H groups in total. The Bertz CT molecular complexity index is 3200. The van der Waals surface area contributed by atoms with Gasteiger partial charge in [0.05, 0.1) is 22.8 Å². The predicted octanol–water partition coefficient (Wildman–Crippen LogP) is 14.8. The Morgan fingerprint density at radius 3 is 2.22 bits per heavy atom. The minimum Gasteiger partial charge on any atom is -0.454 e. The summed E-state index contributed by atoms with van der Waals surface area (Å²) < 4.78 is 13.5. The molecule has 1 atom stereocenters. The summed E-state index contributed by atoms with van der Waals surface area (Å²) in [4.78, 5) is 4.82. The maximum Gasteiger partial charge on any atom is 0.159 e. The smallest absolute Gasteiger partial charge is 0.159 e. The SMILES string of the molecule is Cc1cccc(N(C2=C3C=Cc4ccc(N(c5ccccc5)c5cccc6c7c(oc56)C=CCC=C7)c5c4C3C(=CC5)C=C2)c2cccc3c2oc2ccccc23)c1. The highest BCUT2D eigenvalue weighted by atomic mass is 16.3. The first-order chi connectivity index (χ1) is 28.7. The van der Waals surface area contributed by atoms with Crippen molar-refractivity contribution in [2.75, 3.05) is 9.80 Å². The zero-order chi connectivity index (χ0) is 38.3. The molecule has 0 amide bonds. The van der Waals surface area contributed by atoms with Crippen LogP contribution in [0.5, 0.6) is 0 Å². The molecule has 4 heteroatoms. The lowest BCUT2D eigenvalue weighted by atomic mass is 9.69. The number of hydrogen-bond acceptors (Lipinski definition) is 4. The number of aryl methyl sites for hydroxylation is 1. The third kappa shape index (κ3) is 4.94. The standard InChI is InChI=1S/C54H38N2O2/c1-34-13-10-16-38(33-34)56(48-22-12-20-42-40-18-8-9-24-50(40)58-54(42)48)46-32-28-36-25-29-43-45(31-27-35-26-30-44(46)52(36)51(35)43)55(37-14-4-2-5-15-37)47-21-11-19-41-39-17-6-3-7-23-49(39)57-53(41)47/h2,4-28,30-33,52H,3,29H2,1H3. The number of nitrogens with zero attached hydrogens (tertiary/aromatic N) is 2. The first kappa shape index (κ1) is 32.9. The Balaban J connectivity index is 1.07. The fourth-order valence-corrected chi connectivity index (χ4v) is 9.69. The van der Waals surface area contributed by atoms with Crippen LogP contribution >= 0.6 is 0 Å². The van der Waals surface area contributed by atoms with E-state index in [1.807, 2.05) is 6.07 Å². The number of rotatable bonds is 6. The van der Waals surface area contributed by atoms with Crippen molar-refractivity contribution in [2.45, 2.75) is 25.7 Å². The Morgan fingerprint density at radius 1 is 0.569 bits per heavy atom. The number of hydrogen-bond donors (Lipinski definition) is 0. The van der Waals surface area contributed by atoms with Crippen LogP contribution in [0.15, 0.2) is 190 Å². The van der Waals surface area contributed by atoms with Gasteiger partial charge in [0.25, 0.3) is 0 Å². The summed E-state index contributed by atoms with van der Waals surface area (Å²) >= 11 is 0. The van der Waals surface area contributed by atoms with Crippen LogP contribution in [0.3, 0.4) is 0 Å². The molecule has 2 heterocycles. The van der Waals surface area contributed by atoms with Gasteiger partial charge in [0.2, 0.25) is 0 Å². The Labute approximate surface area is 336 Å². The summed E-state index contributed by atoms with van der Waals surface area (Å²) in [5.41, 5.74) is 18.1. The van der Waals surface area contributed by atoms with E-state index >= 15 is 0 Å². The summed E-state index contributed by atoms with van der Waals surface area (Å²) in [6.07, 6.45) is 22.2. The lowest BCUT2D eigenvalue weighted by molar-refractivity contribution is 0.603. The lowest BCUT2D eigenvalue weighted by Gasteiger charge is -2.39. The highest BCUT2D eigenvalue weighted by Crippen LogP contribution is 2.54. The van der Waals surface area contributed by atoms with Crippen molar-refractivity contribution >= 4 is 79.6 Å². The first-order valence-electron chi connectivity index (χ1n) is 20.2. The van der Waals surface area contributed by atoms with E-state index in [1.54, 1.807) is 0 Å². The molecule has 0 bridgehead atoms. The average molecular weight is 747 g/mol. The number of benzene rings is 6. The van der Waals surface area contributed by atoms with Crippen LogP contribution in [-0.2, 0) is 6.42 Å². The van der Waals surface area contributed by atoms with Gasteiger partial charge in [-0.15, -0.1) is 0 Å². The fourth-order valence-electron chi connectivity index (χ4n) is 9.69. The van der Waals surface area contributed by atoms with Gasteiger partial charge in [0.15, 0.2) is 11.2 Å². The van der Waals surface area contributed by atoms with E-state index < -0.39 is 0 Å². The van der Waals surface area contributed by atoms with Crippen LogP contribution in [0.2, 0.25) is 0 Å². The molecule has 0 radical (unpaired) electrons. The van der Waals surface area contributed by atoms with Crippen molar-refractivity contribution in [3.8, 4) is 0 Å². The Hall–Kier alpha value is -7.30.